The molecule has 80 valence electrons. The fourth-order valence-electron chi connectivity index (χ4n) is 1.48. The number of aromatic amines is 1. The van der Waals surface area contributed by atoms with Crippen LogP contribution in [-0.2, 0) is 5.41 Å². The predicted octanol–water partition coefficient (Wildman–Crippen LogP) is 3.84. The third-order valence-corrected chi connectivity index (χ3v) is 2.22. The smallest absolute Gasteiger partial charge is 0.137 e. The van der Waals surface area contributed by atoms with Crippen LogP contribution in [0.15, 0.2) is 30.4 Å². The average Bonchev–Trinajstić information content (AvgIpc) is 2.56. The van der Waals surface area contributed by atoms with Gasteiger partial charge in [0.1, 0.15) is 5.82 Å². The van der Waals surface area contributed by atoms with Crippen LogP contribution in [-0.4, -0.2) is 11.2 Å². The molecule has 15 heavy (non-hydrogen) atoms. The van der Waals surface area contributed by atoms with E-state index < -0.39 is 0 Å². The first-order valence-corrected chi connectivity index (χ1v) is 5.00. The zero-order valence-electron chi connectivity index (χ0n) is 9.67. The van der Waals surface area contributed by atoms with E-state index in [1.807, 2.05) is 12.3 Å². The highest BCUT2D eigenvalue weighted by Crippen LogP contribution is 2.32. The number of nitrogens with zero attached hydrogens (tertiary/aromatic N) is 1. The second kappa shape index (κ2) is 4.30. The van der Waals surface area contributed by atoms with Crippen LogP contribution < -0.4 is 0 Å². The van der Waals surface area contributed by atoms with E-state index in [9.17, 15) is 0 Å². The van der Waals surface area contributed by atoms with Gasteiger partial charge in [-0.15, -0.1) is 0 Å². The molecule has 2 heteroatoms. The van der Waals surface area contributed by atoms with Gasteiger partial charge in [0.2, 0.25) is 0 Å². The van der Waals surface area contributed by atoms with E-state index in [1.165, 1.54) is 5.56 Å². The Morgan fingerprint density at radius 3 is 2.47 bits per heavy atom. The summed E-state index contributed by atoms with van der Waals surface area (Å²) in [5, 5.41) is 0. The molecule has 0 spiro atoms. The lowest BCUT2D eigenvalue weighted by atomic mass is 9.86. The maximum Gasteiger partial charge on any atom is 0.137 e. The Labute approximate surface area is 91.4 Å². The molecule has 0 saturated heterocycles. The Bertz CT molecular complexity index is 389. The first-order valence-electron chi connectivity index (χ1n) is 5.00. The summed E-state index contributed by atoms with van der Waals surface area (Å²) in [5.41, 5.74) is 2.40. The van der Waals surface area contributed by atoms with Crippen LogP contribution in [0.25, 0.3) is 6.08 Å². The van der Waals surface area contributed by atoms with Gasteiger partial charge < -0.3 is 4.98 Å². The molecule has 1 rings (SSSR count). The van der Waals surface area contributed by atoms with Crippen LogP contribution in [0.4, 0.5) is 5.82 Å². The van der Waals surface area contributed by atoms with Gasteiger partial charge in [-0.25, -0.2) is 4.99 Å². The van der Waals surface area contributed by atoms with Crippen molar-refractivity contribution in [3.63, 3.8) is 0 Å². The van der Waals surface area contributed by atoms with Gasteiger partial charge in [0, 0.05) is 18.0 Å². The molecule has 0 aliphatic heterocycles. The fourth-order valence-corrected chi connectivity index (χ4v) is 1.48. The summed E-state index contributed by atoms with van der Waals surface area (Å²) < 4.78 is 0. The summed E-state index contributed by atoms with van der Waals surface area (Å²) in [6.07, 6.45) is 7.16. The average molecular weight is 202 g/mol. The zero-order valence-corrected chi connectivity index (χ0v) is 9.67. The quantitative estimate of drug-likeness (QED) is 0.721. The van der Waals surface area contributed by atoms with Crippen LogP contribution in [0.2, 0.25) is 0 Å². The Balaban J connectivity index is 3.23. The highest BCUT2D eigenvalue weighted by atomic mass is 14.9. The predicted molar refractivity (Wildman–Crippen MR) is 67.9 cm³/mol. The number of aliphatic imine (C=N–C) groups is 1. The summed E-state index contributed by atoms with van der Waals surface area (Å²) in [5.74, 6) is 0.842. The van der Waals surface area contributed by atoms with E-state index >= 15 is 0 Å². The lowest BCUT2D eigenvalue weighted by Crippen LogP contribution is -2.11. The summed E-state index contributed by atoms with van der Waals surface area (Å²) >= 11 is 0. The second-order valence-electron chi connectivity index (χ2n) is 4.43. The number of hydrogen-bond acceptors (Lipinski definition) is 1. The molecule has 0 bridgehead atoms. The fraction of sp³-hybridized carbons (Fsp3) is 0.308. The number of aromatic nitrogens is 1. The molecule has 1 N–H and O–H groups in total. The summed E-state index contributed by atoms with van der Waals surface area (Å²) in [6.45, 7) is 13.9. The van der Waals surface area contributed by atoms with Gasteiger partial charge in [0.25, 0.3) is 0 Å². The van der Waals surface area contributed by atoms with Gasteiger partial charge in [-0.3, -0.25) is 0 Å². The van der Waals surface area contributed by atoms with E-state index in [2.05, 4.69) is 43.9 Å². The van der Waals surface area contributed by atoms with Crippen molar-refractivity contribution in [1.29, 1.82) is 0 Å². The zero-order chi connectivity index (χ0) is 11.5. The summed E-state index contributed by atoms with van der Waals surface area (Å²) in [7, 11) is 0. The number of nitrogens with one attached hydrogen (secondary N) is 1. The molecule has 0 radical (unpaired) electrons. The molecule has 0 atom stereocenters. The highest BCUT2D eigenvalue weighted by molar-refractivity contribution is 5.76. The van der Waals surface area contributed by atoms with Gasteiger partial charge in [0.15, 0.2) is 0 Å². The van der Waals surface area contributed by atoms with Gasteiger partial charge in [0.05, 0.1) is 0 Å². The molecule has 0 aromatic carbocycles. The SMILES string of the molecule is C=C/C=N\c1[nH]cc(C(C)(C)C)c1C=C. The molecule has 1 heterocycles. The molecule has 2 nitrogen and oxygen atoms in total. The van der Waals surface area contributed by atoms with Gasteiger partial charge in [-0.2, -0.15) is 0 Å². The number of hydrogen-bond donors (Lipinski definition) is 1. The van der Waals surface area contributed by atoms with Crippen molar-refractivity contribution in [3.05, 3.63) is 36.6 Å². The molecule has 0 amide bonds. The van der Waals surface area contributed by atoms with E-state index in [0.29, 0.717) is 0 Å². The van der Waals surface area contributed by atoms with Crippen LogP contribution in [0, 0.1) is 0 Å². The molecule has 0 unspecified atom stereocenters. The molecular weight excluding hydrogens is 184 g/mol. The van der Waals surface area contributed by atoms with Crippen LogP contribution in [0.3, 0.4) is 0 Å². The Kier molecular flexibility index (Phi) is 3.30. The van der Waals surface area contributed by atoms with Gasteiger partial charge in [-0.1, -0.05) is 46.1 Å². The maximum atomic E-state index is 4.26. The Morgan fingerprint density at radius 2 is 2.00 bits per heavy atom. The minimum Gasteiger partial charge on any atom is -0.346 e. The molecule has 0 aliphatic carbocycles. The molecular formula is C13H18N2. The van der Waals surface area contributed by atoms with Crippen molar-refractivity contribution in [2.45, 2.75) is 26.2 Å². The molecule has 1 aromatic heterocycles. The topological polar surface area (TPSA) is 28.1 Å². The minimum absolute atomic E-state index is 0.0992. The second-order valence-corrected chi connectivity index (χ2v) is 4.43. The van der Waals surface area contributed by atoms with Gasteiger partial charge >= 0.3 is 0 Å². The van der Waals surface area contributed by atoms with E-state index in [-0.39, 0.29) is 5.41 Å². The maximum absolute atomic E-state index is 4.26. The largest absolute Gasteiger partial charge is 0.346 e. The van der Waals surface area contributed by atoms with Crippen molar-refractivity contribution < 1.29 is 0 Å². The van der Waals surface area contributed by atoms with E-state index in [0.717, 1.165) is 11.4 Å². The third-order valence-electron chi connectivity index (χ3n) is 2.22. The van der Waals surface area contributed by atoms with Crippen molar-refractivity contribution in [2.24, 2.45) is 4.99 Å². The highest BCUT2D eigenvalue weighted by Gasteiger charge is 2.19. The summed E-state index contributed by atoms with van der Waals surface area (Å²) in [6, 6.07) is 0. The van der Waals surface area contributed by atoms with Crippen LogP contribution in [0.1, 0.15) is 31.9 Å². The van der Waals surface area contributed by atoms with Crippen LogP contribution in [0.5, 0.6) is 0 Å². The molecule has 0 saturated carbocycles. The first-order chi connectivity index (χ1) is 7.00. The minimum atomic E-state index is 0.0992. The standard InChI is InChI=1S/C13H18N2/c1-6-8-14-12-10(7-2)11(9-15-12)13(3,4)5/h6-9,15H,1-2H2,3-5H3/b14-8-. The van der Waals surface area contributed by atoms with Crippen molar-refractivity contribution in [2.75, 3.05) is 0 Å². The molecule has 0 fully saturated rings. The number of rotatable bonds is 3. The lowest BCUT2D eigenvalue weighted by Gasteiger charge is -2.18. The lowest BCUT2D eigenvalue weighted by molar-refractivity contribution is 0.590. The Hall–Kier alpha value is -1.57. The molecule has 0 aliphatic rings. The monoisotopic (exact) mass is 202 g/mol. The number of allylic oxidation sites excluding steroid dienone is 1. The normalized spacial score (nSPS) is 11.9. The van der Waals surface area contributed by atoms with Crippen molar-refractivity contribution >= 4 is 18.1 Å². The Morgan fingerprint density at radius 1 is 1.33 bits per heavy atom. The van der Waals surface area contributed by atoms with E-state index in [4.69, 9.17) is 0 Å². The van der Waals surface area contributed by atoms with Crippen LogP contribution >= 0.6 is 0 Å². The number of H-pyrrole nitrogens is 1. The van der Waals surface area contributed by atoms with Crippen molar-refractivity contribution in [1.82, 2.24) is 4.98 Å². The summed E-state index contributed by atoms with van der Waals surface area (Å²) in [4.78, 5) is 7.41. The van der Waals surface area contributed by atoms with E-state index in [1.54, 1.807) is 12.3 Å². The molecule has 1 aromatic rings. The first kappa shape index (κ1) is 11.5. The third kappa shape index (κ3) is 2.46. The van der Waals surface area contributed by atoms with Crippen molar-refractivity contribution in [3.8, 4) is 0 Å². The van der Waals surface area contributed by atoms with Gasteiger partial charge in [-0.05, 0) is 11.0 Å².